The van der Waals surface area contributed by atoms with E-state index in [9.17, 15) is 48.9 Å². The average molecular weight is 600 g/mol. The average Bonchev–Trinajstić information content (AvgIpc) is 2.95. The van der Waals surface area contributed by atoms with Crippen molar-refractivity contribution in [1.82, 2.24) is 20.6 Å². The van der Waals surface area contributed by atoms with Crippen LogP contribution in [0.4, 0.5) is 23.1 Å². The summed E-state index contributed by atoms with van der Waals surface area (Å²) < 4.78 is 0. The zero-order valence-electron chi connectivity index (χ0n) is 22.4. The molecule has 0 aliphatic carbocycles. The van der Waals surface area contributed by atoms with Gasteiger partial charge in [-0.2, -0.15) is 4.98 Å². The third kappa shape index (κ3) is 8.65. The lowest BCUT2D eigenvalue weighted by Crippen LogP contribution is -2.50. The van der Waals surface area contributed by atoms with Crippen LogP contribution in [0.2, 0.25) is 0 Å². The number of benzene rings is 1. The van der Waals surface area contributed by atoms with Crippen molar-refractivity contribution in [3.8, 4) is 0 Å². The van der Waals surface area contributed by atoms with Crippen LogP contribution in [0.1, 0.15) is 36.0 Å². The van der Waals surface area contributed by atoms with Gasteiger partial charge in [-0.05, 0) is 43.5 Å². The SMILES string of the molecule is Nc1nc2c(c(=O)[nH]1)N(C=O)[C@@H](CNc1ccc(C(=O)N[C@@H](CCC(=O)N[C@@H](CCC(=O)[O-])C(=O)[O-])C(=O)[O-])cc1)CN2. The summed E-state index contributed by atoms with van der Waals surface area (Å²) in [5.74, 6) is -6.57. The standard InChI is InChI=1S/C25H30N8O10/c26-25-31-20-19(22(39)32-25)33(11-34)14(10-28-20)9-27-13-3-1-12(2-4-13)21(38)30-16(24(42)43)5-7-17(35)29-15(23(40)41)6-8-18(36)37/h1-4,11,14-16,27H,5-10H2,(H,29,35)(H,30,38)(H,36,37)(H,40,41)(H,42,43)(H4,26,28,31,32,39)/p-3/t14-,15-,16-/m0/s1. The number of carbonyl (C=O) groups is 6. The van der Waals surface area contributed by atoms with Gasteiger partial charge in [-0.3, -0.25) is 24.2 Å². The number of hydrogen-bond donors (Lipinski definition) is 6. The maximum absolute atomic E-state index is 12.6. The Morgan fingerprint density at radius 2 is 1.65 bits per heavy atom. The number of amides is 3. The van der Waals surface area contributed by atoms with E-state index in [0.29, 0.717) is 12.1 Å². The van der Waals surface area contributed by atoms with Crippen LogP contribution in [0.25, 0.3) is 0 Å². The van der Waals surface area contributed by atoms with E-state index in [1.54, 1.807) is 0 Å². The van der Waals surface area contributed by atoms with Crippen molar-refractivity contribution < 1.29 is 44.1 Å². The number of hydrogen-bond acceptors (Lipinski definition) is 14. The predicted octanol–water partition coefficient (Wildman–Crippen LogP) is -5.39. The third-order valence-corrected chi connectivity index (χ3v) is 6.38. The Hall–Kier alpha value is -5.68. The van der Waals surface area contributed by atoms with Crippen molar-refractivity contribution in [3.05, 3.63) is 40.2 Å². The molecule has 0 saturated heterocycles. The van der Waals surface area contributed by atoms with E-state index in [2.05, 4.69) is 25.9 Å². The number of fused-ring (bicyclic) bond motifs is 1. The van der Waals surface area contributed by atoms with Gasteiger partial charge in [0, 0.05) is 36.7 Å². The van der Waals surface area contributed by atoms with Gasteiger partial charge in [-0.15, -0.1) is 0 Å². The number of aromatic amines is 1. The normalized spacial score (nSPS) is 15.2. The molecule has 230 valence electrons. The van der Waals surface area contributed by atoms with Gasteiger partial charge in [0.15, 0.2) is 11.5 Å². The molecule has 18 nitrogen and oxygen atoms in total. The van der Waals surface area contributed by atoms with Gasteiger partial charge in [0.25, 0.3) is 11.5 Å². The molecule has 0 saturated carbocycles. The molecule has 0 radical (unpaired) electrons. The van der Waals surface area contributed by atoms with E-state index in [0.717, 1.165) is 0 Å². The molecular weight excluding hydrogens is 572 g/mol. The first-order valence-electron chi connectivity index (χ1n) is 12.8. The van der Waals surface area contributed by atoms with E-state index < -0.39 is 79.1 Å². The molecule has 18 heteroatoms. The van der Waals surface area contributed by atoms with E-state index in [-0.39, 0.29) is 36.1 Å². The summed E-state index contributed by atoms with van der Waals surface area (Å²) in [6, 6.07) is 2.10. The van der Waals surface area contributed by atoms with Crippen LogP contribution in [0, 0.1) is 0 Å². The Kier molecular flexibility index (Phi) is 10.6. The highest BCUT2D eigenvalue weighted by Crippen LogP contribution is 2.25. The zero-order chi connectivity index (χ0) is 31.7. The van der Waals surface area contributed by atoms with Gasteiger partial charge in [-0.25, -0.2) is 0 Å². The van der Waals surface area contributed by atoms with Crippen LogP contribution in [0.5, 0.6) is 0 Å². The van der Waals surface area contributed by atoms with Crippen LogP contribution >= 0.6 is 0 Å². The Balaban J connectivity index is 1.54. The van der Waals surface area contributed by atoms with Crippen molar-refractivity contribution in [3.63, 3.8) is 0 Å². The van der Waals surface area contributed by atoms with Crippen molar-refractivity contribution >= 4 is 59.3 Å². The molecule has 7 N–H and O–H groups in total. The van der Waals surface area contributed by atoms with Crippen LogP contribution in [0.3, 0.4) is 0 Å². The van der Waals surface area contributed by atoms with Crippen molar-refractivity contribution in [1.29, 1.82) is 0 Å². The highest BCUT2D eigenvalue weighted by Gasteiger charge is 2.29. The number of nitrogens with one attached hydrogen (secondary N) is 5. The molecule has 0 unspecified atom stereocenters. The Morgan fingerprint density at radius 3 is 2.26 bits per heavy atom. The van der Waals surface area contributed by atoms with Crippen molar-refractivity contribution in [2.24, 2.45) is 0 Å². The molecule has 1 aliphatic rings. The molecular formula is C25H27N8O10-3. The minimum Gasteiger partial charge on any atom is -0.550 e. The number of aromatic nitrogens is 2. The first-order valence-corrected chi connectivity index (χ1v) is 12.8. The van der Waals surface area contributed by atoms with Crippen LogP contribution in [0.15, 0.2) is 29.1 Å². The van der Waals surface area contributed by atoms with Crippen LogP contribution in [-0.4, -0.2) is 77.3 Å². The summed E-state index contributed by atoms with van der Waals surface area (Å²) in [7, 11) is 0. The number of carbonyl (C=O) groups excluding carboxylic acids is 6. The number of nitrogen functional groups attached to an aromatic ring is 1. The molecule has 43 heavy (non-hydrogen) atoms. The van der Waals surface area contributed by atoms with E-state index >= 15 is 0 Å². The number of nitrogens with zero attached hydrogens (tertiary/aromatic N) is 2. The first kappa shape index (κ1) is 31.8. The van der Waals surface area contributed by atoms with Gasteiger partial charge in [-0.1, -0.05) is 0 Å². The highest BCUT2D eigenvalue weighted by molar-refractivity contribution is 5.97. The molecule has 3 atom stereocenters. The minimum absolute atomic E-state index is 0.0173. The molecule has 1 aliphatic heterocycles. The van der Waals surface area contributed by atoms with Gasteiger partial charge >= 0.3 is 0 Å². The summed E-state index contributed by atoms with van der Waals surface area (Å²) in [6.45, 7) is 0.451. The molecule has 0 spiro atoms. The fourth-order valence-corrected chi connectivity index (χ4v) is 4.17. The number of aliphatic carboxylic acids is 3. The lowest BCUT2D eigenvalue weighted by Gasteiger charge is -2.34. The zero-order valence-corrected chi connectivity index (χ0v) is 22.4. The van der Waals surface area contributed by atoms with Gasteiger partial charge in [0.05, 0.1) is 30.1 Å². The molecule has 3 rings (SSSR count). The van der Waals surface area contributed by atoms with Gasteiger partial charge in [0.2, 0.25) is 18.3 Å². The maximum Gasteiger partial charge on any atom is 0.278 e. The number of nitrogens with two attached hydrogens (primary N) is 1. The Bertz CT molecular complexity index is 1440. The lowest BCUT2D eigenvalue weighted by atomic mass is 10.1. The molecule has 0 bridgehead atoms. The number of anilines is 4. The smallest absolute Gasteiger partial charge is 0.278 e. The predicted molar refractivity (Wildman–Crippen MR) is 142 cm³/mol. The summed E-state index contributed by atoms with van der Waals surface area (Å²) >= 11 is 0. The van der Waals surface area contributed by atoms with Gasteiger partial charge < -0.3 is 61.6 Å². The van der Waals surface area contributed by atoms with Crippen LogP contribution < -0.4 is 52.8 Å². The Labute approximate surface area is 242 Å². The monoisotopic (exact) mass is 599 g/mol. The number of carboxylic acids is 3. The fourth-order valence-electron chi connectivity index (χ4n) is 4.17. The first-order chi connectivity index (χ1) is 20.4. The Morgan fingerprint density at radius 1 is 1.02 bits per heavy atom. The molecule has 1 aromatic carbocycles. The lowest BCUT2D eigenvalue weighted by molar-refractivity contribution is -0.311. The van der Waals surface area contributed by atoms with E-state index in [1.165, 1.54) is 29.2 Å². The highest BCUT2D eigenvalue weighted by atomic mass is 16.4. The summed E-state index contributed by atoms with van der Waals surface area (Å²) in [5, 5.41) is 43.4. The number of carboxylic acid groups (broad SMARTS) is 3. The summed E-state index contributed by atoms with van der Waals surface area (Å²) in [4.78, 5) is 89.4. The molecule has 0 fully saturated rings. The topological polar surface area (TPSA) is 295 Å². The summed E-state index contributed by atoms with van der Waals surface area (Å²) in [5.41, 5.74) is 5.57. The quantitative estimate of drug-likeness (QED) is 0.104. The molecule has 1 aromatic heterocycles. The second-order valence-electron chi connectivity index (χ2n) is 9.39. The number of rotatable bonds is 15. The van der Waals surface area contributed by atoms with Crippen LogP contribution in [-0.2, 0) is 24.0 Å². The molecule has 3 amide bonds. The fraction of sp³-hybridized carbons (Fsp3) is 0.360. The second kappa shape index (κ2) is 14.3. The van der Waals surface area contributed by atoms with Gasteiger partial charge in [0.1, 0.15) is 0 Å². The molecule has 2 heterocycles. The minimum atomic E-state index is -1.72. The van der Waals surface area contributed by atoms with E-state index in [1.807, 2.05) is 5.32 Å². The maximum atomic E-state index is 12.6. The molecule has 2 aromatic rings. The number of H-pyrrole nitrogens is 1. The van der Waals surface area contributed by atoms with Crippen molar-refractivity contribution in [2.75, 3.05) is 34.4 Å². The van der Waals surface area contributed by atoms with Crippen molar-refractivity contribution in [2.45, 2.75) is 43.8 Å². The van der Waals surface area contributed by atoms with E-state index in [4.69, 9.17) is 5.73 Å². The largest absolute Gasteiger partial charge is 0.550 e. The third-order valence-electron chi connectivity index (χ3n) is 6.38. The summed E-state index contributed by atoms with van der Waals surface area (Å²) in [6.07, 6.45) is -1.61. The second-order valence-corrected chi connectivity index (χ2v) is 9.39.